The molecule has 394 valence electrons. The topological polar surface area (TPSA) is 78.9 Å². The molecule has 0 fully saturated rings. The monoisotopic (exact) mass is 959 g/mol. The molecule has 0 N–H and O–H groups in total. The van der Waals surface area contributed by atoms with Gasteiger partial charge in [-0.25, -0.2) is 0 Å². The highest BCUT2D eigenvalue weighted by molar-refractivity contribution is 5.71. The maximum Gasteiger partial charge on any atom is 0.306 e. The molecule has 0 amide bonds. The second-order valence-corrected chi connectivity index (χ2v) is 18.8. The van der Waals surface area contributed by atoms with Crippen molar-refractivity contribution < 1.29 is 28.6 Å². The number of hydrogen-bond donors (Lipinski definition) is 0. The predicted molar refractivity (Wildman–Crippen MR) is 297 cm³/mol. The normalized spacial score (nSPS) is 12.8. The van der Waals surface area contributed by atoms with E-state index in [0.29, 0.717) is 19.3 Å². The Labute approximate surface area is 426 Å². The molecule has 6 nitrogen and oxygen atoms in total. The van der Waals surface area contributed by atoms with E-state index in [1.165, 1.54) is 109 Å². The van der Waals surface area contributed by atoms with Crippen molar-refractivity contribution in [1.29, 1.82) is 0 Å². The quantitative estimate of drug-likeness (QED) is 0.0262. The van der Waals surface area contributed by atoms with Gasteiger partial charge in [0.05, 0.1) is 0 Å². The molecule has 0 aliphatic heterocycles. The van der Waals surface area contributed by atoms with Gasteiger partial charge in [-0.15, -0.1) is 0 Å². The summed E-state index contributed by atoms with van der Waals surface area (Å²) in [6, 6.07) is 0. The van der Waals surface area contributed by atoms with E-state index in [9.17, 15) is 14.4 Å². The highest BCUT2D eigenvalue weighted by Crippen LogP contribution is 2.15. The molecule has 1 unspecified atom stereocenters. The zero-order valence-corrected chi connectivity index (χ0v) is 45.0. The Morgan fingerprint density at radius 1 is 0.304 bits per heavy atom. The van der Waals surface area contributed by atoms with Gasteiger partial charge in [0.1, 0.15) is 13.2 Å². The lowest BCUT2D eigenvalue weighted by atomic mass is 10.1. The number of carbonyl (C=O) groups is 3. The number of esters is 3. The van der Waals surface area contributed by atoms with Crippen LogP contribution in [0.5, 0.6) is 0 Å². The predicted octanol–water partition coefficient (Wildman–Crippen LogP) is 19.3. The van der Waals surface area contributed by atoms with Gasteiger partial charge in [-0.1, -0.05) is 259 Å². The summed E-state index contributed by atoms with van der Waals surface area (Å²) < 4.78 is 16.7. The summed E-state index contributed by atoms with van der Waals surface area (Å²) in [7, 11) is 0. The van der Waals surface area contributed by atoms with Crippen molar-refractivity contribution in [2.24, 2.45) is 0 Å². The van der Waals surface area contributed by atoms with Crippen molar-refractivity contribution in [3.8, 4) is 0 Å². The van der Waals surface area contributed by atoms with Crippen molar-refractivity contribution in [1.82, 2.24) is 0 Å². The number of carbonyl (C=O) groups excluding carboxylic acids is 3. The van der Waals surface area contributed by atoms with Gasteiger partial charge in [-0.05, 0) is 83.5 Å². The fraction of sp³-hybridized carbons (Fsp3) is 0.698. The number of rotatable bonds is 51. The van der Waals surface area contributed by atoms with Gasteiger partial charge < -0.3 is 14.2 Å². The minimum atomic E-state index is -0.771. The van der Waals surface area contributed by atoms with Crippen LogP contribution in [0.1, 0.15) is 265 Å². The van der Waals surface area contributed by atoms with Crippen LogP contribution in [0.3, 0.4) is 0 Å². The first-order valence-corrected chi connectivity index (χ1v) is 28.7. The van der Waals surface area contributed by atoms with Gasteiger partial charge in [-0.3, -0.25) is 14.4 Å². The Balaban J connectivity index is 3.97. The Morgan fingerprint density at radius 3 is 0.884 bits per heavy atom. The average Bonchev–Trinajstić information content (AvgIpc) is 3.35. The molecule has 0 spiro atoms. The van der Waals surface area contributed by atoms with Gasteiger partial charge in [-0.2, -0.15) is 0 Å². The fourth-order valence-electron chi connectivity index (χ4n) is 7.81. The van der Waals surface area contributed by atoms with Crippen molar-refractivity contribution in [3.05, 3.63) is 97.2 Å². The first kappa shape index (κ1) is 65.3. The first-order chi connectivity index (χ1) is 34.0. The van der Waals surface area contributed by atoms with Crippen LogP contribution in [0.2, 0.25) is 0 Å². The summed E-state index contributed by atoms with van der Waals surface area (Å²) in [5, 5.41) is 0. The summed E-state index contributed by atoms with van der Waals surface area (Å²) in [6.07, 6.45) is 76.0. The van der Waals surface area contributed by atoms with Crippen LogP contribution in [-0.4, -0.2) is 37.2 Å². The molecule has 0 aliphatic carbocycles. The molecule has 0 aromatic rings. The summed E-state index contributed by atoms with van der Waals surface area (Å²) in [6.45, 7) is 6.43. The summed E-state index contributed by atoms with van der Waals surface area (Å²) in [5.41, 5.74) is 0. The lowest BCUT2D eigenvalue weighted by molar-refractivity contribution is -0.167. The number of allylic oxidation sites excluding steroid dienone is 16. The Morgan fingerprint density at radius 2 is 0.565 bits per heavy atom. The van der Waals surface area contributed by atoms with Crippen LogP contribution >= 0.6 is 0 Å². The lowest BCUT2D eigenvalue weighted by Crippen LogP contribution is -2.30. The van der Waals surface area contributed by atoms with Crippen LogP contribution in [0, 0.1) is 0 Å². The Bertz CT molecular complexity index is 1380. The summed E-state index contributed by atoms with van der Waals surface area (Å²) in [5.74, 6) is -0.893. The maximum atomic E-state index is 12.7. The van der Waals surface area contributed by atoms with Gasteiger partial charge in [0.15, 0.2) is 6.10 Å². The second-order valence-electron chi connectivity index (χ2n) is 18.8. The van der Waals surface area contributed by atoms with E-state index in [4.69, 9.17) is 14.2 Å². The molecule has 0 aromatic carbocycles. The van der Waals surface area contributed by atoms with Crippen LogP contribution < -0.4 is 0 Å². The SMILES string of the molecule is CC/C=C\C/C=C\C/C=C\C/C=C\C/C=C\C/C=C\C/C=C\C/C=C\CCCCCCCCCCCCC(=O)OCC(COC(=O)CCCCCCC)OC(=O)CCCCCCCCCCCCC. The zero-order chi connectivity index (χ0) is 50.0. The van der Waals surface area contributed by atoms with Crippen LogP contribution in [0.4, 0.5) is 0 Å². The van der Waals surface area contributed by atoms with E-state index in [1.807, 2.05) is 0 Å². The minimum Gasteiger partial charge on any atom is -0.462 e. The smallest absolute Gasteiger partial charge is 0.306 e. The Hall–Kier alpha value is -3.67. The molecule has 0 heterocycles. The van der Waals surface area contributed by atoms with Crippen LogP contribution in [-0.2, 0) is 28.6 Å². The summed E-state index contributed by atoms with van der Waals surface area (Å²) >= 11 is 0. The fourth-order valence-corrected chi connectivity index (χ4v) is 7.81. The molecule has 0 aliphatic rings. The van der Waals surface area contributed by atoms with E-state index in [-0.39, 0.29) is 31.1 Å². The van der Waals surface area contributed by atoms with Gasteiger partial charge in [0.25, 0.3) is 0 Å². The van der Waals surface area contributed by atoms with Crippen LogP contribution in [0.25, 0.3) is 0 Å². The van der Waals surface area contributed by atoms with E-state index in [2.05, 4.69) is 118 Å². The molecule has 0 rings (SSSR count). The van der Waals surface area contributed by atoms with Gasteiger partial charge in [0, 0.05) is 19.3 Å². The highest BCUT2D eigenvalue weighted by atomic mass is 16.6. The number of hydrogen-bond acceptors (Lipinski definition) is 6. The largest absolute Gasteiger partial charge is 0.462 e. The highest BCUT2D eigenvalue weighted by Gasteiger charge is 2.19. The molecule has 0 saturated carbocycles. The standard InChI is InChI=1S/C63H106O6/c1-4-7-10-13-15-17-19-20-21-22-23-24-25-26-27-28-29-30-31-32-33-34-35-36-37-38-39-40-41-42-44-45-47-50-53-56-62(65)68-59-60(58-67-61(64)55-52-49-12-9-6-3)69-63(66)57-54-51-48-46-43-18-16-14-11-8-5-2/h7,10,15,17,20-21,23-24,26-27,29-30,32-33,35-36,60H,4-6,8-9,11-14,16,18-19,22,25,28,31,34,37-59H2,1-3H3/b10-7-,17-15-,21-20-,24-23-,27-26-,30-29-,33-32-,36-35-. The molecular formula is C63H106O6. The van der Waals surface area contributed by atoms with E-state index in [1.54, 1.807) is 0 Å². The molecule has 6 heteroatoms. The molecule has 0 radical (unpaired) electrons. The number of ether oxygens (including phenoxy) is 3. The molecular weight excluding hydrogens is 853 g/mol. The van der Waals surface area contributed by atoms with Crippen molar-refractivity contribution >= 4 is 17.9 Å². The molecule has 0 aromatic heterocycles. The second kappa shape index (κ2) is 56.9. The van der Waals surface area contributed by atoms with Gasteiger partial charge in [0.2, 0.25) is 0 Å². The third-order valence-corrected chi connectivity index (χ3v) is 12.1. The third kappa shape index (κ3) is 55.1. The molecule has 0 bridgehead atoms. The molecule has 69 heavy (non-hydrogen) atoms. The van der Waals surface area contributed by atoms with E-state index >= 15 is 0 Å². The van der Waals surface area contributed by atoms with Gasteiger partial charge >= 0.3 is 17.9 Å². The number of unbranched alkanes of at least 4 members (excludes halogenated alkanes) is 24. The molecule has 1 atom stereocenters. The first-order valence-electron chi connectivity index (χ1n) is 28.7. The van der Waals surface area contributed by atoms with Crippen LogP contribution in [0.15, 0.2) is 97.2 Å². The zero-order valence-electron chi connectivity index (χ0n) is 45.0. The van der Waals surface area contributed by atoms with Crippen molar-refractivity contribution in [2.45, 2.75) is 271 Å². The maximum absolute atomic E-state index is 12.7. The Kier molecular flexibility index (Phi) is 53.9. The van der Waals surface area contributed by atoms with Crippen molar-refractivity contribution in [2.75, 3.05) is 13.2 Å². The molecule has 0 saturated heterocycles. The minimum absolute atomic E-state index is 0.0761. The third-order valence-electron chi connectivity index (χ3n) is 12.1. The van der Waals surface area contributed by atoms with E-state index < -0.39 is 6.10 Å². The average molecular weight is 960 g/mol. The van der Waals surface area contributed by atoms with E-state index in [0.717, 1.165) is 116 Å². The lowest BCUT2D eigenvalue weighted by Gasteiger charge is -2.18. The van der Waals surface area contributed by atoms with Crippen molar-refractivity contribution in [3.63, 3.8) is 0 Å². The summed E-state index contributed by atoms with van der Waals surface area (Å²) in [4.78, 5) is 37.6.